The number of hydrogen-bond acceptors (Lipinski definition) is 7. The summed E-state index contributed by atoms with van der Waals surface area (Å²) < 4.78 is 33.9. The van der Waals surface area contributed by atoms with Crippen LogP contribution in [0.1, 0.15) is 25.2 Å². The summed E-state index contributed by atoms with van der Waals surface area (Å²) in [6.45, 7) is 6.43. The van der Waals surface area contributed by atoms with E-state index >= 15 is 0 Å². The van der Waals surface area contributed by atoms with Gasteiger partial charge in [-0.3, -0.25) is 4.79 Å². The molecule has 0 saturated carbocycles. The first kappa shape index (κ1) is 20.4. The summed E-state index contributed by atoms with van der Waals surface area (Å²) in [7, 11) is -3.64. The van der Waals surface area contributed by atoms with E-state index in [9.17, 15) is 13.2 Å². The maximum Gasteiger partial charge on any atom is 0.316 e. The molecule has 1 aromatic carbocycles. The van der Waals surface area contributed by atoms with Crippen LogP contribution in [-0.4, -0.2) is 41.5 Å². The number of aryl methyl sites for hydroxylation is 1. The van der Waals surface area contributed by atoms with E-state index in [0.29, 0.717) is 24.1 Å². The Kier molecular flexibility index (Phi) is 7.18. The topological polar surface area (TPSA) is 103 Å². The van der Waals surface area contributed by atoms with E-state index < -0.39 is 10.0 Å². The first-order valence-electron chi connectivity index (χ1n) is 8.14. The van der Waals surface area contributed by atoms with E-state index in [1.54, 1.807) is 35.8 Å². The summed E-state index contributed by atoms with van der Waals surface area (Å²) in [4.78, 5) is 11.7. The minimum Gasteiger partial charge on any atom is -0.465 e. The highest BCUT2D eigenvalue weighted by molar-refractivity contribution is 7.99. The van der Waals surface area contributed by atoms with Crippen molar-refractivity contribution < 1.29 is 17.9 Å². The Morgan fingerprint density at radius 3 is 2.54 bits per heavy atom. The predicted molar refractivity (Wildman–Crippen MR) is 98.3 cm³/mol. The quantitative estimate of drug-likeness (QED) is 0.507. The van der Waals surface area contributed by atoms with E-state index in [1.165, 1.54) is 11.8 Å². The molecule has 2 aromatic rings. The van der Waals surface area contributed by atoms with Gasteiger partial charge in [0.25, 0.3) is 0 Å². The molecule has 0 unspecified atom stereocenters. The molecule has 26 heavy (non-hydrogen) atoms. The Bertz CT molecular complexity index is 848. The van der Waals surface area contributed by atoms with E-state index in [-0.39, 0.29) is 23.2 Å². The third kappa shape index (κ3) is 5.29. The van der Waals surface area contributed by atoms with Gasteiger partial charge in [0.2, 0.25) is 10.0 Å². The molecule has 0 aliphatic rings. The molecule has 1 N–H and O–H groups in total. The summed E-state index contributed by atoms with van der Waals surface area (Å²) in [5.74, 6) is 0.278. The number of thioether (sulfide) groups is 1. The molecular formula is C16H22N4O4S2. The van der Waals surface area contributed by atoms with Crippen LogP contribution in [0.4, 0.5) is 0 Å². The Morgan fingerprint density at radius 1 is 1.23 bits per heavy atom. The van der Waals surface area contributed by atoms with Crippen molar-refractivity contribution in [3.8, 4) is 0 Å². The lowest BCUT2D eigenvalue weighted by Gasteiger charge is -2.09. The lowest BCUT2D eigenvalue weighted by Crippen LogP contribution is -2.25. The van der Waals surface area contributed by atoms with Crippen molar-refractivity contribution in [2.45, 2.75) is 43.9 Å². The van der Waals surface area contributed by atoms with Crippen LogP contribution in [0.3, 0.4) is 0 Å². The maximum atomic E-state index is 12.4. The molecule has 142 valence electrons. The average molecular weight is 399 g/mol. The molecule has 2 rings (SSSR count). The molecule has 0 saturated heterocycles. The van der Waals surface area contributed by atoms with Crippen molar-refractivity contribution >= 4 is 27.8 Å². The van der Waals surface area contributed by atoms with E-state index in [2.05, 4.69) is 14.9 Å². The molecule has 0 aliphatic carbocycles. The zero-order valence-corrected chi connectivity index (χ0v) is 16.6. The smallest absolute Gasteiger partial charge is 0.316 e. The van der Waals surface area contributed by atoms with Gasteiger partial charge in [0, 0.05) is 6.54 Å². The second-order valence-electron chi connectivity index (χ2n) is 5.37. The Morgan fingerprint density at radius 2 is 1.92 bits per heavy atom. The number of aromatic nitrogens is 3. The molecule has 8 nitrogen and oxygen atoms in total. The molecule has 10 heteroatoms. The SMILES string of the molecule is CCOC(=O)CSc1nnc(CNS(=O)(=O)c2ccc(C)cc2)n1CC. The van der Waals surface area contributed by atoms with Crippen molar-refractivity contribution in [1.29, 1.82) is 0 Å². The summed E-state index contributed by atoms with van der Waals surface area (Å²) in [6, 6.07) is 6.60. The van der Waals surface area contributed by atoms with Gasteiger partial charge in [0.15, 0.2) is 5.16 Å². The number of esters is 1. The fourth-order valence-electron chi connectivity index (χ4n) is 2.16. The number of sulfonamides is 1. The van der Waals surface area contributed by atoms with Crippen LogP contribution < -0.4 is 4.72 Å². The molecule has 0 fully saturated rings. The van der Waals surface area contributed by atoms with Crippen LogP contribution in [0, 0.1) is 6.92 Å². The fourth-order valence-corrected chi connectivity index (χ4v) is 3.96. The zero-order valence-electron chi connectivity index (χ0n) is 14.9. The molecule has 0 radical (unpaired) electrons. The lowest BCUT2D eigenvalue weighted by atomic mass is 10.2. The first-order valence-corrected chi connectivity index (χ1v) is 10.6. The largest absolute Gasteiger partial charge is 0.465 e. The number of nitrogens with one attached hydrogen (secondary N) is 1. The van der Waals surface area contributed by atoms with Crippen LogP contribution in [0.15, 0.2) is 34.3 Å². The normalized spacial score (nSPS) is 11.5. The van der Waals surface area contributed by atoms with Gasteiger partial charge >= 0.3 is 5.97 Å². The van der Waals surface area contributed by atoms with Crippen LogP contribution in [0.5, 0.6) is 0 Å². The number of hydrogen-bond donors (Lipinski definition) is 1. The second kappa shape index (κ2) is 9.15. The number of benzene rings is 1. The number of nitrogens with zero attached hydrogens (tertiary/aromatic N) is 3. The van der Waals surface area contributed by atoms with Crippen LogP contribution in [0.2, 0.25) is 0 Å². The highest BCUT2D eigenvalue weighted by Crippen LogP contribution is 2.18. The molecule has 0 aliphatic heterocycles. The van der Waals surface area contributed by atoms with Gasteiger partial charge in [-0.05, 0) is 32.9 Å². The third-order valence-corrected chi connectivity index (χ3v) is 5.84. The minimum absolute atomic E-state index is 0.0109. The van der Waals surface area contributed by atoms with Crippen molar-refractivity contribution in [1.82, 2.24) is 19.5 Å². The van der Waals surface area contributed by atoms with E-state index in [1.807, 2.05) is 13.8 Å². The highest BCUT2D eigenvalue weighted by Gasteiger charge is 2.18. The third-order valence-electron chi connectivity index (χ3n) is 3.49. The van der Waals surface area contributed by atoms with Gasteiger partial charge < -0.3 is 9.30 Å². The predicted octanol–water partition coefficient (Wildman–Crippen LogP) is 1.74. The van der Waals surface area contributed by atoms with Gasteiger partial charge in [0.1, 0.15) is 5.82 Å². The van der Waals surface area contributed by atoms with Gasteiger partial charge in [0.05, 0.1) is 23.8 Å². The van der Waals surface area contributed by atoms with E-state index in [4.69, 9.17) is 4.74 Å². The fraction of sp³-hybridized carbons (Fsp3) is 0.438. The molecule has 0 bridgehead atoms. The number of carbonyl (C=O) groups is 1. The van der Waals surface area contributed by atoms with Gasteiger partial charge in [-0.25, -0.2) is 13.1 Å². The van der Waals surface area contributed by atoms with Crippen molar-refractivity contribution in [2.75, 3.05) is 12.4 Å². The Labute approximate surface area is 157 Å². The van der Waals surface area contributed by atoms with Gasteiger partial charge in [-0.1, -0.05) is 29.5 Å². The minimum atomic E-state index is -3.64. The molecule has 1 aromatic heterocycles. The van der Waals surface area contributed by atoms with Gasteiger partial charge in [-0.2, -0.15) is 0 Å². The van der Waals surface area contributed by atoms with Crippen molar-refractivity contribution in [3.05, 3.63) is 35.7 Å². The number of carbonyl (C=O) groups excluding carboxylic acids is 1. The van der Waals surface area contributed by atoms with Crippen molar-refractivity contribution in [2.24, 2.45) is 0 Å². The van der Waals surface area contributed by atoms with Crippen LogP contribution in [-0.2, 0) is 32.6 Å². The molecule has 0 amide bonds. The van der Waals surface area contributed by atoms with Crippen LogP contribution in [0.25, 0.3) is 0 Å². The Hall–Kier alpha value is -1.91. The van der Waals surface area contributed by atoms with E-state index in [0.717, 1.165) is 5.56 Å². The summed E-state index contributed by atoms with van der Waals surface area (Å²) in [5, 5.41) is 8.62. The first-order chi connectivity index (χ1) is 12.4. The molecule has 0 spiro atoms. The monoisotopic (exact) mass is 398 g/mol. The summed E-state index contributed by atoms with van der Waals surface area (Å²) in [6.07, 6.45) is 0. The maximum absolute atomic E-state index is 12.4. The summed E-state index contributed by atoms with van der Waals surface area (Å²) in [5.41, 5.74) is 0.984. The van der Waals surface area contributed by atoms with Gasteiger partial charge in [-0.15, -0.1) is 10.2 Å². The standard InChI is InChI=1S/C16H22N4O4S2/c1-4-20-14(18-19-16(20)25-11-15(21)24-5-2)10-17-26(22,23)13-8-6-12(3)7-9-13/h6-9,17H,4-5,10-11H2,1-3H3. The lowest BCUT2D eigenvalue weighted by molar-refractivity contribution is -0.139. The average Bonchev–Trinajstić information content (AvgIpc) is 3.01. The Balaban J connectivity index is 2.05. The second-order valence-corrected chi connectivity index (χ2v) is 8.08. The summed E-state index contributed by atoms with van der Waals surface area (Å²) >= 11 is 1.21. The van der Waals surface area contributed by atoms with Crippen LogP contribution >= 0.6 is 11.8 Å². The highest BCUT2D eigenvalue weighted by atomic mass is 32.2. The zero-order chi connectivity index (χ0) is 19.2. The number of rotatable bonds is 9. The molecule has 1 heterocycles. The number of ether oxygens (including phenoxy) is 1. The molecular weight excluding hydrogens is 376 g/mol. The molecule has 0 atom stereocenters. The van der Waals surface area contributed by atoms with Crippen molar-refractivity contribution in [3.63, 3.8) is 0 Å².